The molecule has 2 aromatic rings. The fraction of sp³-hybridized carbons (Fsp3) is 0.609. The quantitative estimate of drug-likeness (QED) is 0.420. The molecule has 0 atom stereocenters. The highest BCUT2D eigenvalue weighted by Gasteiger charge is 2.12. The van der Waals surface area contributed by atoms with Gasteiger partial charge in [0.25, 0.3) is 0 Å². The second-order valence-corrected chi connectivity index (χ2v) is 8.00. The number of nitrogens with zero attached hydrogens (tertiary/aromatic N) is 2. The maximum Gasteiger partial charge on any atom is 0.407 e. The maximum atomic E-state index is 11.8. The lowest BCUT2D eigenvalue weighted by molar-refractivity contribution is 0.138. The molecule has 1 aromatic heterocycles. The van der Waals surface area contributed by atoms with Gasteiger partial charge in [0.1, 0.15) is 6.61 Å². The van der Waals surface area contributed by atoms with Crippen molar-refractivity contribution in [1.29, 1.82) is 0 Å². The predicted octanol–water partition coefficient (Wildman–Crippen LogP) is 3.33. The third kappa shape index (κ3) is 9.48. The van der Waals surface area contributed by atoms with E-state index in [0.29, 0.717) is 11.8 Å². The largest absolute Gasteiger partial charge is 0.445 e. The zero-order valence-corrected chi connectivity index (χ0v) is 18.3. The number of rotatable bonds is 13. The molecule has 170 valence electrons. The molecule has 1 saturated carbocycles. The average Bonchev–Trinajstić information content (AvgIpc) is 3.27. The van der Waals surface area contributed by atoms with Gasteiger partial charge in [-0.2, -0.15) is 0 Å². The summed E-state index contributed by atoms with van der Waals surface area (Å²) >= 11 is 0. The molecule has 1 aromatic carbocycles. The summed E-state index contributed by atoms with van der Waals surface area (Å²) in [6.07, 6.45) is 9.12. The van der Waals surface area contributed by atoms with E-state index in [1.165, 1.54) is 32.1 Å². The van der Waals surface area contributed by atoms with Crippen LogP contribution in [0.1, 0.15) is 62.3 Å². The van der Waals surface area contributed by atoms with Crippen molar-refractivity contribution in [3.8, 4) is 0 Å². The third-order valence-electron chi connectivity index (χ3n) is 5.42. The Hall–Kier alpha value is -2.45. The lowest BCUT2D eigenvalue weighted by atomic mass is 9.95. The minimum absolute atomic E-state index is 0.160. The average molecular weight is 430 g/mol. The Morgan fingerprint density at radius 3 is 2.61 bits per heavy atom. The Kier molecular flexibility index (Phi) is 10.3. The van der Waals surface area contributed by atoms with Crippen LogP contribution < -0.4 is 16.0 Å². The topological polar surface area (TPSA) is 101 Å². The Morgan fingerprint density at radius 1 is 1.00 bits per heavy atom. The van der Waals surface area contributed by atoms with Crippen molar-refractivity contribution in [1.82, 2.24) is 26.1 Å². The van der Waals surface area contributed by atoms with E-state index < -0.39 is 6.09 Å². The molecule has 1 heterocycles. The molecule has 1 fully saturated rings. The van der Waals surface area contributed by atoms with E-state index in [1.807, 2.05) is 30.3 Å². The van der Waals surface area contributed by atoms with Crippen LogP contribution in [0.15, 0.2) is 34.7 Å². The molecule has 0 radical (unpaired) electrons. The normalized spacial score (nSPS) is 14.5. The minimum Gasteiger partial charge on any atom is -0.445 e. The number of amides is 1. The second kappa shape index (κ2) is 13.8. The van der Waals surface area contributed by atoms with Gasteiger partial charge in [-0.3, -0.25) is 0 Å². The zero-order valence-electron chi connectivity index (χ0n) is 18.3. The number of carbonyl (C=O) groups is 1. The number of benzene rings is 1. The highest BCUT2D eigenvalue weighted by molar-refractivity contribution is 5.66. The van der Waals surface area contributed by atoms with Gasteiger partial charge in [0.2, 0.25) is 11.8 Å². The van der Waals surface area contributed by atoms with Gasteiger partial charge >= 0.3 is 6.09 Å². The summed E-state index contributed by atoms with van der Waals surface area (Å²) < 4.78 is 10.7. The molecule has 0 unspecified atom stereocenters. The number of carbonyl (C=O) groups excluding carboxylic acids is 1. The summed E-state index contributed by atoms with van der Waals surface area (Å²) in [5, 5.41) is 17.8. The van der Waals surface area contributed by atoms with E-state index in [4.69, 9.17) is 9.15 Å². The van der Waals surface area contributed by atoms with Crippen molar-refractivity contribution in [2.45, 2.75) is 70.6 Å². The van der Waals surface area contributed by atoms with Crippen molar-refractivity contribution in [2.75, 3.05) is 19.6 Å². The van der Waals surface area contributed by atoms with Crippen LogP contribution in [0.25, 0.3) is 0 Å². The van der Waals surface area contributed by atoms with Gasteiger partial charge in [-0.25, -0.2) is 4.79 Å². The molecular formula is C23H35N5O3. The molecule has 0 spiro atoms. The van der Waals surface area contributed by atoms with Crippen LogP contribution in [-0.2, 0) is 24.3 Å². The van der Waals surface area contributed by atoms with Crippen molar-refractivity contribution >= 4 is 6.09 Å². The van der Waals surface area contributed by atoms with E-state index in [-0.39, 0.29) is 13.2 Å². The van der Waals surface area contributed by atoms with Crippen LogP contribution in [0.5, 0.6) is 0 Å². The standard InChI is InChI=1S/C23H35N5O3/c29-23(30-18-19-9-3-1-4-10-19)26-17-22-28-27-21(31-22)13-7-14-24-15-8-16-25-20-11-5-2-6-12-20/h1,3-4,9-10,20,24-25H,2,5-8,11-18H2,(H,26,29). The van der Waals surface area contributed by atoms with Crippen LogP contribution in [0.2, 0.25) is 0 Å². The summed E-state index contributed by atoms with van der Waals surface area (Å²) in [6.45, 7) is 3.42. The van der Waals surface area contributed by atoms with Gasteiger partial charge in [-0.05, 0) is 50.9 Å². The Balaban J connectivity index is 1.18. The first-order valence-corrected chi connectivity index (χ1v) is 11.5. The van der Waals surface area contributed by atoms with Gasteiger partial charge in [-0.1, -0.05) is 49.6 Å². The van der Waals surface area contributed by atoms with Gasteiger partial charge < -0.3 is 25.1 Å². The van der Waals surface area contributed by atoms with Crippen molar-refractivity contribution in [3.05, 3.63) is 47.7 Å². The van der Waals surface area contributed by atoms with Crippen LogP contribution in [-0.4, -0.2) is 42.0 Å². The lowest BCUT2D eigenvalue weighted by Gasteiger charge is -2.22. The van der Waals surface area contributed by atoms with E-state index in [2.05, 4.69) is 26.1 Å². The first-order chi connectivity index (χ1) is 15.3. The highest BCUT2D eigenvalue weighted by atomic mass is 16.5. The molecule has 8 heteroatoms. The monoisotopic (exact) mass is 429 g/mol. The first kappa shape index (κ1) is 23.2. The Bertz CT molecular complexity index is 747. The smallest absolute Gasteiger partial charge is 0.407 e. The Labute approximate surface area is 184 Å². The van der Waals surface area contributed by atoms with Crippen LogP contribution in [0.4, 0.5) is 4.79 Å². The molecule has 3 rings (SSSR count). The first-order valence-electron chi connectivity index (χ1n) is 11.5. The zero-order chi connectivity index (χ0) is 21.6. The number of hydrogen-bond acceptors (Lipinski definition) is 7. The van der Waals surface area contributed by atoms with Crippen molar-refractivity contribution < 1.29 is 13.9 Å². The fourth-order valence-corrected chi connectivity index (χ4v) is 3.70. The number of nitrogens with one attached hydrogen (secondary N) is 3. The van der Waals surface area contributed by atoms with E-state index >= 15 is 0 Å². The SMILES string of the molecule is O=C(NCc1nnc(CCCNCCCNC2CCCCC2)o1)OCc1ccccc1. The van der Waals surface area contributed by atoms with E-state index in [0.717, 1.165) is 50.5 Å². The predicted molar refractivity (Wildman–Crippen MR) is 118 cm³/mol. The summed E-state index contributed by atoms with van der Waals surface area (Å²) in [7, 11) is 0. The van der Waals surface area contributed by atoms with Crippen molar-refractivity contribution in [2.24, 2.45) is 0 Å². The molecule has 1 aliphatic carbocycles. The van der Waals surface area contributed by atoms with Gasteiger partial charge in [0, 0.05) is 12.5 Å². The summed E-state index contributed by atoms with van der Waals surface area (Å²) in [5.74, 6) is 0.976. The van der Waals surface area contributed by atoms with E-state index in [1.54, 1.807) is 0 Å². The van der Waals surface area contributed by atoms with E-state index in [9.17, 15) is 4.79 Å². The van der Waals surface area contributed by atoms with Gasteiger partial charge in [-0.15, -0.1) is 10.2 Å². The maximum absolute atomic E-state index is 11.8. The molecule has 3 N–H and O–H groups in total. The van der Waals surface area contributed by atoms with Gasteiger partial charge in [0.05, 0.1) is 6.54 Å². The van der Waals surface area contributed by atoms with Gasteiger partial charge in [0.15, 0.2) is 0 Å². The van der Waals surface area contributed by atoms with Crippen LogP contribution in [0, 0.1) is 0 Å². The molecular weight excluding hydrogens is 394 g/mol. The summed E-state index contributed by atoms with van der Waals surface area (Å²) in [5.41, 5.74) is 0.937. The number of aromatic nitrogens is 2. The third-order valence-corrected chi connectivity index (χ3v) is 5.42. The number of aryl methyl sites for hydroxylation is 1. The lowest BCUT2D eigenvalue weighted by Crippen LogP contribution is -2.33. The fourth-order valence-electron chi connectivity index (χ4n) is 3.70. The molecule has 8 nitrogen and oxygen atoms in total. The molecule has 1 aliphatic rings. The molecule has 1 amide bonds. The van der Waals surface area contributed by atoms with Crippen LogP contribution >= 0.6 is 0 Å². The number of alkyl carbamates (subject to hydrolysis) is 1. The molecule has 0 bridgehead atoms. The molecule has 0 saturated heterocycles. The highest BCUT2D eigenvalue weighted by Crippen LogP contribution is 2.17. The summed E-state index contributed by atoms with van der Waals surface area (Å²) in [6, 6.07) is 10.3. The Morgan fingerprint density at radius 2 is 1.77 bits per heavy atom. The number of ether oxygens (including phenoxy) is 1. The summed E-state index contributed by atoms with van der Waals surface area (Å²) in [4.78, 5) is 11.8. The molecule has 0 aliphatic heterocycles. The van der Waals surface area contributed by atoms with Crippen LogP contribution in [0.3, 0.4) is 0 Å². The molecule has 31 heavy (non-hydrogen) atoms. The second-order valence-electron chi connectivity index (χ2n) is 8.00. The number of hydrogen-bond donors (Lipinski definition) is 3. The minimum atomic E-state index is -0.509. The van der Waals surface area contributed by atoms with Crippen molar-refractivity contribution in [3.63, 3.8) is 0 Å².